The maximum Gasteiger partial charge on any atom is 0.329 e. The summed E-state index contributed by atoms with van der Waals surface area (Å²) in [5.41, 5.74) is -0.669. The van der Waals surface area contributed by atoms with Crippen LogP contribution in [-0.4, -0.2) is 22.3 Å². The third kappa shape index (κ3) is 3.16. The fourth-order valence-corrected chi connectivity index (χ4v) is 3.24. The van der Waals surface area contributed by atoms with Crippen molar-refractivity contribution in [3.8, 4) is 0 Å². The van der Waals surface area contributed by atoms with Gasteiger partial charge in [0.2, 0.25) is 0 Å². The number of nitrogens with one attached hydrogen (secondary N) is 2. The van der Waals surface area contributed by atoms with Gasteiger partial charge in [0, 0.05) is 29.4 Å². The molecule has 2 heterocycles. The summed E-state index contributed by atoms with van der Waals surface area (Å²) in [6, 6.07) is 10.1. The lowest BCUT2D eigenvalue weighted by Gasteiger charge is -2.08. The molecular weight excluding hydrogens is 324 g/mol. The molecule has 0 fully saturated rings. The van der Waals surface area contributed by atoms with E-state index in [1.54, 1.807) is 17.6 Å². The molecular formula is C17H18N4O2S. The largest absolute Gasteiger partial charge is 0.370 e. The van der Waals surface area contributed by atoms with Gasteiger partial charge in [-0.05, 0) is 23.9 Å². The Hall–Kier alpha value is -2.67. The zero-order valence-electron chi connectivity index (χ0n) is 13.5. The molecule has 1 aromatic carbocycles. The highest BCUT2D eigenvalue weighted by molar-refractivity contribution is 7.20. The first-order chi connectivity index (χ1) is 11.6. The normalized spacial score (nSPS) is 11.4. The van der Waals surface area contributed by atoms with Gasteiger partial charge >= 0.3 is 5.69 Å². The van der Waals surface area contributed by atoms with Gasteiger partial charge in [0.15, 0.2) is 5.69 Å². The van der Waals surface area contributed by atoms with Crippen LogP contribution in [0.15, 0.2) is 44.9 Å². The Labute approximate surface area is 142 Å². The van der Waals surface area contributed by atoms with Crippen molar-refractivity contribution in [2.75, 3.05) is 11.9 Å². The van der Waals surface area contributed by atoms with Crippen molar-refractivity contribution in [2.45, 2.75) is 13.3 Å². The average molecular weight is 342 g/mol. The fourth-order valence-electron chi connectivity index (χ4n) is 2.30. The number of aromatic nitrogens is 2. The van der Waals surface area contributed by atoms with Gasteiger partial charge < -0.3 is 5.32 Å². The number of hydrogen-bond acceptors (Lipinski definition) is 5. The smallest absolute Gasteiger partial charge is 0.329 e. The second kappa shape index (κ2) is 6.84. The molecule has 0 aliphatic carbocycles. The van der Waals surface area contributed by atoms with Crippen molar-refractivity contribution in [2.24, 2.45) is 12.0 Å². The second-order valence-electron chi connectivity index (χ2n) is 5.39. The van der Waals surface area contributed by atoms with Gasteiger partial charge in [0.1, 0.15) is 5.82 Å². The molecule has 2 N–H and O–H groups in total. The van der Waals surface area contributed by atoms with E-state index in [1.807, 2.05) is 37.3 Å². The zero-order valence-corrected chi connectivity index (χ0v) is 14.3. The first kappa shape index (κ1) is 16.2. The van der Waals surface area contributed by atoms with Crippen molar-refractivity contribution in [1.29, 1.82) is 0 Å². The molecule has 7 heteroatoms. The number of rotatable bonds is 5. The highest BCUT2D eigenvalue weighted by Gasteiger charge is 2.10. The summed E-state index contributed by atoms with van der Waals surface area (Å²) in [6.45, 7) is 2.65. The van der Waals surface area contributed by atoms with Crippen LogP contribution in [0.5, 0.6) is 0 Å². The Bertz CT molecular complexity index is 980. The van der Waals surface area contributed by atoms with Crippen LogP contribution < -0.4 is 16.6 Å². The van der Waals surface area contributed by atoms with Crippen LogP contribution in [0.1, 0.15) is 18.2 Å². The number of anilines is 1. The maximum atomic E-state index is 12.4. The summed E-state index contributed by atoms with van der Waals surface area (Å²) in [6.07, 6.45) is 2.54. The number of nitrogens with zero attached hydrogens (tertiary/aromatic N) is 2. The lowest BCUT2D eigenvalue weighted by molar-refractivity contribution is 0.776. The van der Waals surface area contributed by atoms with Gasteiger partial charge in [0.05, 0.1) is 0 Å². The minimum Gasteiger partial charge on any atom is -0.370 e. The van der Waals surface area contributed by atoms with Gasteiger partial charge in [-0.2, -0.15) is 0 Å². The first-order valence-corrected chi connectivity index (χ1v) is 8.51. The number of thiophene rings is 1. The van der Waals surface area contributed by atoms with Gasteiger partial charge in [-0.1, -0.05) is 25.1 Å². The zero-order chi connectivity index (χ0) is 17.1. The monoisotopic (exact) mass is 342 g/mol. The van der Waals surface area contributed by atoms with Crippen molar-refractivity contribution < 1.29 is 0 Å². The Morgan fingerprint density at radius 3 is 2.88 bits per heavy atom. The number of aliphatic imine (C=N–C) groups is 1. The molecule has 0 radical (unpaired) electrons. The van der Waals surface area contributed by atoms with Gasteiger partial charge in [0.25, 0.3) is 5.56 Å². The van der Waals surface area contributed by atoms with Crippen molar-refractivity contribution in [1.82, 2.24) is 9.55 Å². The Morgan fingerprint density at radius 1 is 1.33 bits per heavy atom. The van der Waals surface area contributed by atoms with E-state index in [-0.39, 0.29) is 5.69 Å². The van der Waals surface area contributed by atoms with E-state index in [1.165, 1.54) is 7.05 Å². The molecule has 0 aliphatic rings. The molecule has 0 saturated heterocycles. The maximum absolute atomic E-state index is 12.4. The topological polar surface area (TPSA) is 79.2 Å². The number of H-pyrrole nitrogens is 1. The van der Waals surface area contributed by atoms with Crippen LogP contribution in [0.25, 0.3) is 10.1 Å². The molecule has 0 spiro atoms. The van der Waals surface area contributed by atoms with Crippen LogP contribution in [0.3, 0.4) is 0 Å². The van der Waals surface area contributed by atoms with Crippen LogP contribution >= 0.6 is 11.3 Å². The molecule has 3 rings (SSSR count). The Kier molecular flexibility index (Phi) is 4.61. The van der Waals surface area contributed by atoms with Gasteiger partial charge in [-0.15, -0.1) is 11.3 Å². The van der Waals surface area contributed by atoms with Gasteiger partial charge in [-0.25, -0.2) is 9.79 Å². The second-order valence-corrected chi connectivity index (χ2v) is 6.50. The molecule has 0 saturated carbocycles. The first-order valence-electron chi connectivity index (χ1n) is 7.70. The third-order valence-electron chi connectivity index (χ3n) is 3.60. The van der Waals surface area contributed by atoms with E-state index in [9.17, 15) is 9.59 Å². The van der Waals surface area contributed by atoms with E-state index < -0.39 is 11.2 Å². The van der Waals surface area contributed by atoms with E-state index in [0.29, 0.717) is 12.4 Å². The minimum absolute atomic E-state index is 0.211. The molecule has 2 aromatic heterocycles. The van der Waals surface area contributed by atoms with E-state index in [0.717, 1.165) is 26.0 Å². The summed E-state index contributed by atoms with van der Waals surface area (Å²) in [5, 5.41) is 4.20. The highest BCUT2D eigenvalue weighted by atomic mass is 32.1. The predicted molar refractivity (Wildman–Crippen MR) is 100 cm³/mol. The minimum atomic E-state index is -0.459. The molecule has 0 aliphatic heterocycles. The molecule has 0 unspecified atom stereocenters. The summed E-state index contributed by atoms with van der Waals surface area (Å²) in [4.78, 5) is 32.1. The van der Waals surface area contributed by atoms with Gasteiger partial charge in [-0.3, -0.25) is 14.3 Å². The number of hydrogen-bond donors (Lipinski definition) is 2. The SMILES string of the molecule is CCCNc1[nH]c(=O)n(C)c(=O)c1N=Cc1cc2ccccc2s1. The van der Waals surface area contributed by atoms with Crippen molar-refractivity contribution >= 4 is 39.1 Å². The molecule has 0 bridgehead atoms. The van der Waals surface area contributed by atoms with Crippen LogP contribution in [0.2, 0.25) is 0 Å². The van der Waals surface area contributed by atoms with Crippen LogP contribution in [-0.2, 0) is 7.05 Å². The van der Waals surface area contributed by atoms with Crippen molar-refractivity contribution in [3.63, 3.8) is 0 Å². The standard InChI is InChI=1S/C17H18N4O2S/c1-3-8-18-15-14(16(22)21(2)17(23)20-15)19-10-12-9-11-6-4-5-7-13(11)24-12/h4-7,9-10,18H,3,8H2,1-2H3,(H,20,23). The van der Waals surface area contributed by atoms with E-state index in [4.69, 9.17) is 0 Å². The quantitative estimate of drug-likeness (QED) is 0.700. The summed E-state index contributed by atoms with van der Waals surface area (Å²) in [7, 11) is 1.43. The summed E-state index contributed by atoms with van der Waals surface area (Å²) < 4.78 is 2.19. The molecule has 24 heavy (non-hydrogen) atoms. The number of benzene rings is 1. The molecule has 0 atom stereocenters. The van der Waals surface area contributed by atoms with E-state index in [2.05, 4.69) is 15.3 Å². The summed E-state index contributed by atoms with van der Waals surface area (Å²) >= 11 is 1.60. The number of aromatic amines is 1. The fraction of sp³-hybridized carbons (Fsp3) is 0.235. The lowest BCUT2D eigenvalue weighted by Crippen LogP contribution is -2.33. The molecule has 0 amide bonds. The molecule has 124 valence electrons. The highest BCUT2D eigenvalue weighted by Crippen LogP contribution is 2.24. The molecule has 6 nitrogen and oxygen atoms in total. The Balaban J connectivity index is 2.02. The predicted octanol–water partition coefficient (Wildman–Crippen LogP) is 2.86. The van der Waals surface area contributed by atoms with Crippen LogP contribution in [0, 0.1) is 0 Å². The van der Waals surface area contributed by atoms with Crippen molar-refractivity contribution in [3.05, 3.63) is 56.0 Å². The number of fused-ring (bicyclic) bond motifs is 1. The lowest BCUT2D eigenvalue weighted by atomic mass is 10.2. The third-order valence-corrected chi connectivity index (χ3v) is 4.65. The average Bonchev–Trinajstić information content (AvgIpc) is 3.00. The molecule has 3 aromatic rings. The van der Waals surface area contributed by atoms with E-state index >= 15 is 0 Å². The van der Waals surface area contributed by atoms with Crippen LogP contribution in [0.4, 0.5) is 11.5 Å². The Morgan fingerprint density at radius 2 is 2.12 bits per heavy atom. The summed E-state index contributed by atoms with van der Waals surface area (Å²) in [5.74, 6) is 0.363.